The molecule has 5 rings (SSSR count). The van der Waals surface area contributed by atoms with Gasteiger partial charge in [0.25, 0.3) is 11.8 Å². The molecule has 0 atom stereocenters. The fourth-order valence-corrected chi connectivity index (χ4v) is 5.83. The van der Waals surface area contributed by atoms with Crippen molar-refractivity contribution in [2.24, 2.45) is 0 Å². The molecule has 242 valence electrons. The zero-order chi connectivity index (χ0) is 32.8. The lowest BCUT2D eigenvalue weighted by atomic mass is 9.76. The van der Waals surface area contributed by atoms with Gasteiger partial charge in [0.05, 0.1) is 7.11 Å². The molecule has 0 aliphatic heterocycles. The van der Waals surface area contributed by atoms with E-state index in [1.165, 1.54) is 47.4 Å². The van der Waals surface area contributed by atoms with E-state index in [-0.39, 0.29) is 22.7 Å². The lowest BCUT2D eigenvalue weighted by molar-refractivity contribution is 0.0785. The van der Waals surface area contributed by atoms with Gasteiger partial charge in [-0.05, 0) is 62.1 Å². The first-order valence-electron chi connectivity index (χ1n) is 16.0. The van der Waals surface area contributed by atoms with Crippen LogP contribution in [0.1, 0.15) is 76.1 Å². The number of nitrogens with one attached hydrogen (secondary N) is 3. The van der Waals surface area contributed by atoms with Gasteiger partial charge in [-0.25, -0.2) is 0 Å². The second-order valence-corrected chi connectivity index (χ2v) is 11.9. The number of rotatable bonds is 11. The van der Waals surface area contributed by atoms with Gasteiger partial charge in [-0.3, -0.25) is 14.4 Å². The van der Waals surface area contributed by atoms with Gasteiger partial charge < -0.3 is 25.3 Å². The van der Waals surface area contributed by atoms with Gasteiger partial charge in [-0.1, -0.05) is 97.6 Å². The van der Waals surface area contributed by atoms with Gasteiger partial charge in [0.15, 0.2) is 0 Å². The fraction of sp³-hybridized carbons (Fsp3) is 0.342. The number of hydrogen-bond acceptors (Lipinski definition) is 5. The van der Waals surface area contributed by atoms with Crippen molar-refractivity contribution >= 4 is 11.8 Å². The average Bonchev–Trinajstić information content (AvgIpc) is 3.09. The van der Waals surface area contributed by atoms with Crippen molar-refractivity contribution in [1.29, 1.82) is 0 Å². The predicted molar refractivity (Wildman–Crippen MR) is 183 cm³/mol. The standard InChI is InChI=1S/C31H38N4O4.C7H8/c1-35(22-23-11-5-3-6-12-23)30(38)24-19-27(34-28(36)20-24)29(37)32-17-10-18-33-31(15-7-4-8-16-31)25-13-9-14-26(21-25)39-2;1-7-5-3-2-4-6-7/h3,5-6,9,11-14,19-21,33H,4,7-8,10,15-18,22H2,1-2H3,(H,32,37)(H,34,36);2-6H,1H3. The zero-order valence-electron chi connectivity index (χ0n) is 27.2. The van der Waals surface area contributed by atoms with Crippen LogP contribution in [0.15, 0.2) is 102 Å². The van der Waals surface area contributed by atoms with E-state index < -0.39 is 11.5 Å². The molecule has 1 aromatic heterocycles. The molecule has 46 heavy (non-hydrogen) atoms. The van der Waals surface area contributed by atoms with Gasteiger partial charge in [-0.15, -0.1) is 0 Å². The molecule has 0 spiro atoms. The maximum absolute atomic E-state index is 12.9. The molecule has 2 amide bonds. The summed E-state index contributed by atoms with van der Waals surface area (Å²) < 4.78 is 5.45. The molecule has 8 heteroatoms. The van der Waals surface area contributed by atoms with E-state index in [2.05, 4.69) is 46.8 Å². The van der Waals surface area contributed by atoms with Crippen LogP contribution in [0.4, 0.5) is 0 Å². The summed E-state index contributed by atoms with van der Waals surface area (Å²) in [5.41, 5.74) is 3.21. The van der Waals surface area contributed by atoms with Gasteiger partial charge in [-0.2, -0.15) is 0 Å². The molecule has 8 nitrogen and oxygen atoms in total. The molecule has 1 heterocycles. The number of aryl methyl sites for hydroxylation is 1. The fourth-order valence-electron chi connectivity index (χ4n) is 5.83. The van der Waals surface area contributed by atoms with E-state index in [1.807, 2.05) is 60.7 Å². The monoisotopic (exact) mass is 622 g/mol. The molecule has 0 radical (unpaired) electrons. The topological polar surface area (TPSA) is 104 Å². The van der Waals surface area contributed by atoms with E-state index in [0.29, 0.717) is 13.1 Å². The number of methoxy groups -OCH3 is 1. The highest BCUT2D eigenvalue weighted by Gasteiger charge is 2.33. The van der Waals surface area contributed by atoms with Crippen molar-refractivity contribution in [2.45, 2.75) is 57.5 Å². The molecular formula is C38H46N4O4. The number of aromatic nitrogens is 1. The molecule has 1 saturated carbocycles. The van der Waals surface area contributed by atoms with Gasteiger partial charge in [0.1, 0.15) is 11.4 Å². The molecule has 4 aromatic rings. The van der Waals surface area contributed by atoms with Crippen molar-refractivity contribution in [3.8, 4) is 5.75 Å². The molecular weight excluding hydrogens is 576 g/mol. The lowest BCUT2D eigenvalue weighted by Crippen LogP contribution is -2.45. The molecule has 3 aromatic carbocycles. The van der Waals surface area contributed by atoms with E-state index in [4.69, 9.17) is 4.74 Å². The second-order valence-electron chi connectivity index (χ2n) is 11.9. The highest BCUT2D eigenvalue weighted by atomic mass is 16.5. The van der Waals surface area contributed by atoms with Crippen LogP contribution >= 0.6 is 0 Å². The minimum atomic E-state index is -0.488. The summed E-state index contributed by atoms with van der Waals surface area (Å²) in [5, 5.41) is 6.64. The zero-order valence-corrected chi connectivity index (χ0v) is 27.2. The number of H-pyrrole nitrogens is 1. The van der Waals surface area contributed by atoms with Gasteiger partial charge in [0, 0.05) is 37.3 Å². The largest absolute Gasteiger partial charge is 0.497 e. The average molecular weight is 623 g/mol. The summed E-state index contributed by atoms with van der Waals surface area (Å²) in [5.74, 6) is 0.124. The van der Waals surface area contributed by atoms with Gasteiger partial charge in [0.2, 0.25) is 5.56 Å². The number of carbonyl (C=O) groups excluding carboxylic acids is 2. The van der Waals surface area contributed by atoms with Crippen LogP contribution in [-0.4, -0.2) is 48.9 Å². The predicted octanol–water partition coefficient (Wildman–Crippen LogP) is 6.22. The van der Waals surface area contributed by atoms with Crippen LogP contribution in [0.2, 0.25) is 0 Å². The normalized spacial score (nSPS) is 13.5. The highest BCUT2D eigenvalue weighted by Crippen LogP contribution is 2.38. The Labute approximate surface area is 272 Å². The molecule has 1 aliphatic rings. The molecule has 0 saturated heterocycles. The van der Waals surface area contributed by atoms with Crippen LogP contribution in [-0.2, 0) is 12.1 Å². The van der Waals surface area contributed by atoms with Crippen LogP contribution in [0.25, 0.3) is 0 Å². The van der Waals surface area contributed by atoms with Crippen molar-refractivity contribution in [2.75, 3.05) is 27.2 Å². The Morgan fingerprint density at radius 3 is 2.22 bits per heavy atom. The Bertz CT molecular complexity index is 1600. The molecule has 0 bridgehead atoms. The summed E-state index contributed by atoms with van der Waals surface area (Å²) in [6, 6.07) is 30.8. The first-order chi connectivity index (χ1) is 22.3. The van der Waals surface area contributed by atoms with Crippen molar-refractivity contribution in [1.82, 2.24) is 20.5 Å². The maximum atomic E-state index is 12.9. The summed E-state index contributed by atoms with van der Waals surface area (Å²) in [4.78, 5) is 42.1. The minimum absolute atomic E-state index is 0.0760. The van der Waals surface area contributed by atoms with Crippen LogP contribution in [0, 0.1) is 6.92 Å². The quantitative estimate of drug-likeness (QED) is 0.172. The van der Waals surface area contributed by atoms with E-state index in [9.17, 15) is 14.4 Å². The Morgan fingerprint density at radius 1 is 0.870 bits per heavy atom. The van der Waals surface area contributed by atoms with Crippen LogP contribution in [0.3, 0.4) is 0 Å². The number of hydrogen-bond donors (Lipinski definition) is 3. The van der Waals surface area contributed by atoms with Crippen molar-refractivity contribution in [3.63, 3.8) is 0 Å². The second kappa shape index (κ2) is 17.1. The number of ether oxygens (including phenoxy) is 1. The Kier molecular flexibility index (Phi) is 12.7. The van der Waals surface area contributed by atoms with Crippen molar-refractivity contribution < 1.29 is 14.3 Å². The third kappa shape index (κ3) is 9.91. The summed E-state index contributed by atoms with van der Waals surface area (Å²) in [7, 11) is 3.36. The number of pyridine rings is 1. The maximum Gasteiger partial charge on any atom is 0.267 e. The number of carbonyl (C=O) groups is 2. The van der Waals surface area contributed by atoms with E-state index in [0.717, 1.165) is 37.1 Å². The van der Waals surface area contributed by atoms with Crippen molar-refractivity contribution in [3.05, 3.63) is 135 Å². The first-order valence-corrected chi connectivity index (χ1v) is 16.0. The first kappa shape index (κ1) is 34.2. The number of nitrogens with zero attached hydrogens (tertiary/aromatic N) is 1. The smallest absolute Gasteiger partial charge is 0.267 e. The SMILES string of the molecule is COc1cccc(C2(NCCCNC(=O)c3cc(C(=O)N(C)Cc4ccccc4)cc(=O)[nH]3)CCCCC2)c1.Cc1ccccc1. The Morgan fingerprint density at radius 2 is 1.57 bits per heavy atom. The lowest BCUT2D eigenvalue weighted by Gasteiger charge is -2.39. The van der Waals surface area contributed by atoms with E-state index >= 15 is 0 Å². The number of aromatic amines is 1. The molecule has 1 fully saturated rings. The minimum Gasteiger partial charge on any atom is -0.497 e. The Hall–Kier alpha value is -4.69. The number of amides is 2. The molecule has 0 unspecified atom stereocenters. The third-order valence-electron chi connectivity index (χ3n) is 8.32. The summed E-state index contributed by atoms with van der Waals surface area (Å²) in [6.45, 7) is 3.66. The Balaban J connectivity index is 0.000000606. The third-order valence-corrected chi connectivity index (χ3v) is 8.32. The van der Waals surface area contributed by atoms with Crippen LogP contribution in [0.5, 0.6) is 5.75 Å². The van der Waals surface area contributed by atoms with Crippen LogP contribution < -0.4 is 20.9 Å². The highest BCUT2D eigenvalue weighted by molar-refractivity contribution is 5.98. The molecule has 3 N–H and O–H groups in total. The molecule has 1 aliphatic carbocycles. The van der Waals surface area contributed by atoms with Gasteiger partial charge >= 0.3 is 0 Å². The summed E-state index contributed by atoms with van der Waals surface area (Å²) in [6.07, 6.45) is 6.43. The van der Waals surface area contributed by atoms with E-state index in [1.54, 1.807) is 14.2 Å². The number of benzene rings is 3. The summed E-state index contributed by atoms with van der Waals surface area (Å²) >= 11 is 0.